The van der Waals surface area contributed by atoms with Crippen molar-refractivity contribution >= 4 is 16.7 Å². The minimum Gasteiger partial charge on any atom is -0.504 e. The highest BCUT2D eigenvalue weighted by molar-refractivity contribution is 5.85. The van der Waals surface area contributed by atoms with Crippen LogP contribution in [0.25, 0.3) is 10.9 Å². The second-order valence-corrected chi connectivity index (χ2v) is 14.4. The number of hydrogen-bond donors (Lipinski definition) is 5. The van der Waals surface area contributed by atoms with Crippen LogP contribution in [0.3, 0.4) is 0 Å². The zero-order chi connectivity index (χ0) is 33.0. The monoisotopic (exact) mass is 640 g/mol. The molecule has 6 rings (SSSR count). The number of aliphatic hydroxyl groups excluding tert-OH is 1. The molecule has 2 aliphatic rings. The van der Waals surface area contributed by atoms with Crippen molar-refractivity contribution in [3.8, 4) is 11.5 Å². The van der Waals surface area contributed by atoms with Gasteiger partial charge in [-0.05, 0) is 84.7 Å². The molecule has 4 aromatic rings. The molecule has 0 radical (unpaired) electrons. The van der Waals surface area contributed by atoms with E-state index in [0.717, 1.165) is 48.7 Å². The molecule has 0 amide bonds. The van der Waals surface area contributed by atoms with Crippen molar-refractivity contribution in [2.45, 2.75) is 121 Å². The van der Waals surface area contributed by atoms with Crippen LogP contribution in [-0.2, 0) is 23.4 Å². The maximum atomic E-state index is 12.5. The van der Waals surface area contributed by atoms with Gasteiger partial charge in [0.25, 0.3) is 0 Å². The van der Waals surface area contributed by atoms with E-state index in [0.29, 0.717) is 30.4 Å². The van der Waals surface area contributed by atoms with E-state index in [1.54, 1.807) is 6.07 Å². The van der Waals surface area contributed by atoms with Crippen molar-refractivity contribution in [2.75, 3.05) is 0 Å². The number of aromatic hydroxyl groups is 1. The number of fused-ring (bicyclic) bond motifs is 1. The Balaban J connectivity index is 1.17. The van der Waals surface area contributed by atoms with Gasteiger partial charge >= 0.3 is 0 Å². The zero-order valence-corrected chi connectivity index (χ0v) is 27.8. The van der Waals surface area contributed by atoms with Gasteiger partial charge in [-0.2, -0.15) is 0 Å². The Morgan fingerprint density at radius 3 is 2.68 bits per heavy atom. The number of nitrogens with zero attached hydrogens (tertiary/aromatic N) is 1. The number of benzene rings is 2. The molecule has 0 saturated heterocycles. The van der Waals surface area contributed by atoms with Gasteiger partial charge in [-0.1, -0.05) is 69.4 Å². The number of carbonyl (C=O) groups excluding carboxylic acids is 1. The van der Waals surface area contributed by atoms with Gasteiger partial charge in [0.15, 0.2) is 18.2 Å². The van der Waals surface area contributed by atoms with Gasteiger partial charge in [-0.15, -0.1) is 0 Å². The van der Waals surface area contributed by atoms with Crippen LogP contribution in [0.2, 0.25) is 0 Å². The average molecular weight is 641 g/mol. The molecule has 2 aliphatic carbocycles. The predicted molar refractivity (Wildman–Crippen MR) is 186 cm³/mol. The van der Waals surface area contributed by atoms with E-state index < -0.39 is 12.3 Å². The van der Waals surface area contributed by atoms with Crippen LogP contribution in [0.1, 0.15) is 119 Å². The van der Waals surface area contributed by atoms with E-state index >= 15 is 0 Å². The van der Waals surface area contributed by atoms with E-state index in [1.165, 1.54) is 48.6 Å². The first kappa shape index (κ1) is 33.3. The van der Waals surface area contributed by atoms with Crippen LogP contribution < -0.4 is 16.2 Å². The van der Waals surface area contributed by atoms with E-state index in [-0.39, 0.29) is 30.1 Å². The van der Waals surface area contributed by atoms with Gasteiger partial charge in [0.05, 0.1) is 17.8 Å². The fourth-order valence-electron chi connectivity index (χ4n) is 8.41. The maximum Gasteiger partial charge on any atom is 0.165 e. The Morgan fingerprint density at radius 2 is 1.89 bits per heavy atom. The van der Waals surface area contributed by atoms with E-state index in [1.807, 2.05) is 22.8 Å². The molecule has 8 nitrogen and oxygen atoms in total. The highest BCUT2D eigenvalue weighted by Crippen LogP contribution is 2.61. The van der Waals surface area contributed by atoms with Crippen LogP contribution >= 0.6 is 0 Å². The number of unbranched alkanes of at least 4 members (excludes halogenated alkanes) is 2. The molecule has 7 N–H and O–H groups in total. The van der Waals surface area contributed by atoms with Crippen molar-refractivity contribution in [3.63, 3.8) is 0 Å². The van der Waals surface area contributed by atoms with E-state index in [2.05, 4.69) is 48.7 Å². The SMILES string of the molecule is CCCCC[C@@H](O)CC(=O)CCc1ccc(O)c(OCn2cc3[nH]cc([C@@]4(c5cccc(C(N)N)c5)CCC5(CCCC5)C4)c3c2)c1. The molecular weight excluding hydrogens is 588 g/mol. The molecule has 2 atom stereocenters. The highest BCUT2D eigenvalue weighted by atomic mass is 16.5. The van der Waals surface area contributed by atoms with Gasteiger partial charge in [-0.25, -0.2) is 0 Å². The summed E-state index contributed by atoms with van der Waals surface area (Å²) in [5.41, 5.74) is 18.0. The average Bonchev–Trinajstić information content (AvgIpc) is 3.86. The lowest BCUT2D eigenvalue weighted by atomic mass is 9.70. The summed E-state index contributed by atoms with van der Waals surface area (Å²) in [5.74, 6) is 0.506. The molecular formula is C39H52N4O4. The first-order valence-electron chi connectivity index (χ1n) is 17.6. The normalized spacial score (nSPS) is 19.7. The predicted octanol–water partition coefficient (Wildman–Crippen LogP) is 7.49. The molecule has 0 bridgehead atoms. The van der Waals surface area contributed by atoms with Gasteiger partial charge in [0.1, 0.15) is 5.78 Å². The number of aromatic amines is 1. The molecule has 252 valence electrons. The molecule has 2 aromatic heterocycles. The Morgan fingerprint density at radius 1 is 1.06 bits per heavy atom. The smallest absolute Gasteiger partial charge is 0.165 e. The third kappa shape index (κ3) is 7.30. The van der Waals surface area contributed by atoms with Crippen LogP contribution in [0.5, 0.6) is 11.5 Å². The fraction of sp³-hybridized carbons (Fsp3) is 0.513. The highest BCUT2D eigenvalue weighted by Gasteiger charge is 2.51. The summed E-state index contributed by atoms with van der Waals surface area (Å²) in [6.45, 7) is 2.36. The minimum atomic E-state index is -0.567. The number of phenolic OH excluding ortho intramolecular Hbond substituents is 1. The third-order valence-electron chi connectivity index (χ3n) is 11.0. The van der Waals surface area contributed by atoms with Gasteiger partial charge < -0.3 is 36.0 Å². The summed E-state index contributed by atoms with van der Waals surface area (Å²) in [6, 6.07) is 13.8. The number of aromatic nitrogens is 2. The van der Waals surface area contributed by atoms with Crippen molar-refractivity contribution in [3.05, 3.63) is 83.3 Å². The number of ether oxygens (including phenoxy) is 1. The number of Topliss-reactive ketones (excluding diaryl/α,β-unsaturated/α-hetero) is 1. The number of H-pyrrole nitrogens is 1. The second-order valence-electron chi connectivity index (χ2n) is 14.4. The Kier molecular flexibility index (Phi) is 10.1. The number of nitrogens with one attached hydrogen (secondary N) is 1. The molecule has 2 saturated carbocycles. The lowest BCUT2D eigenvalue weighted by Crippen LogP contribution is -2.27. The Labute approximate surface area is 278 Å². The summed E-state index contributed by atoms with van der Waals surface area (Å²) in [7, 11) is 0. The Bertz CT molecular complexity index is 1670. The topological polar surface area (TPSA) is 140 Å². The number of phenols is 1. The quantitative estimate of drug-likeness (QED) is 0.0674. The first-order chi connectivity index (χ1) is 22.7. The van der Waals surface area contributed by atoms with Gasteiger partial charge in [-0.3, -0.25) is 4.79 Å². The lowest BCUT2D eigenvalue weighted by Gasteiger charge is -2.33. The molecule has 47 heavy (non-hydrogen) atoms. The van der Waals surface area contributed by atoms with Gasteiger partial charge in [0.2, 0.25) is 0 Å². The van der Waals surface area contributed by atoms with Crippen LogP contribution in [-0.4, -0.2) is 31.7 Å². The van der Waals surface area contributed by atoms with Crippen molar-refractivity contribution < 1.29 is 19.7 Å². The van der Waals surface area contributed by atoms with Crippen LogP contribution in [0.4, 0.5) is 0 Å². The lowest BCUT2D eigenvalue weighted by molar-refractivity contribution is -0.121. The Hall–Kier alpha value is -3.59. The second kappa shape index (κ2) is 14.3. The number of carbonyl (C=O) groups is 1. The van der Waals surface area contributed by atoms with Gasteiger partial charge in [0, 0.05) is 42.2 Å². The number of aliphatic hydroxyl groups is 1. The molecule has 0 unspecified atom stereocenters. The number of rotatable bonds is 15. The fourth-order valence-corrected chi connectivity index (χ4v) is 8.41. The van der Waals surface area contributed by atoms with Crippen molar-refractivity contribution in [2.24, 2.45) is 16.9 Å². The summed E-state index contributed by atoms with van der Waals surface area (Å²) < 4.78 is 8.14. The van der Waals surface area contributed by atoms with E-state index in [4.69, 9.17) is 16.2 Å². The minimum absolute atomic E-state index is 0.0549. The molecule has 2 fully saturated rings. The zero-order valence-electron chi connectivity index (χ0n) is 27.8. The number of aryl methyl sites for hydroxylation is 1. The van der Waals surface area contributed by atoms with Crippen molar-refractivity contribution in [1.29, 1.82) is 0 Å². The summed E-state index contributed by atoms with van der Waals surface area (Å²) in [4.78, 5) is 16.0. The van der Waals surface area contributed by atoms with Crippen LogP contribution in [0.15, 0.2) is 61.1 Å². The number of hydrogen-bond acceptors (Lipinski definition) is 6. The number of ketones is 1. The van der Waals surface area contributed by atoms with Crippen LogP contribution in [0, 0.1) is 5.41 Å². The summed E-state index contributed by atoms with van der Waals surface area (Å²) >= 11 is 0. The molecule has 8 heteroatoms. The summed E-state index contributed by atoms with van der Waals surface area (Å²) in [5, 5.41) is 21.9. The first-order valence-corrected chi connectivity index (χ1v) is 17.6. The van der Waals surface area contributed by atoms with Crippen molar-refractivity contribution in [1.82, 2.24) is 9.55 Å². The number of nitrogens with two attached hydrogens (primary N) is 2. The van der Waals surface area contributed by atoms with E-state index in [9.17, 15) is 15.0 Å². The standard InChI is InChI=1S/C39H52N4O4/c1-2-3-4-10-30(44)21-31(45)13-11-27-12-14-35(46)36(19-27)47-26-43-23-32-33(22-42-34(32)24-43)39(18-17-38(25-39)15-5-6-16-38)29-9-7-8-28(20-29)37(40)41/h7-9,12,14,19-20,22-24,30,37,42,44,46H,2-6,10-11,13,15-18,21,25-26,40-41H2,1H3/t30-,39+/m1/s1. The largest absolute Gasteiger partial charge is 0.504 e. The third-order valence-corrected chi connectivity index (χ3v) is 11.0. The maximum absolute atomic E-state index is 12.5. The summed E-state index contributed by atoms with van der Waals surface area (Å²) in [6.07, 6.45) is 18.8. The molecule has 2 heterocycles. The molecule has 1 spiro atoms. The molecule has 0 aliphatic heterocycles. The molecule has 2 aromatic carbocycles.